The van der Waals surface area contributed by atoms with E-state index in [-0.39, 0.29) is 22.6 Å². The van der Waals surface area contributed by atoms with Gasteiger partial charge in [0.15, 0.2) is 0 Å². The quantitative estimate of drug-likeness (QED) is 0.408. The van der Waals surface area contributed by atoms with Crippen molar-refractivity contribution in [3.05, 3.63) is 66.7 Å². The van der Waals surface area contributed by atoms with Crippen LogP contribution in [0.2, 0.25) is 0 Å². The molecule has 0 unspecified atom stereocenters. The Labute approximate surface area is 174 Å². The van der Waals surface area contributed by atoms with Gasteiger partial charge in [-0.1, -0.05) is 48.2 Å². The lowest BCUT2D eigenvalue weighted by Gasteiger charge is -2.07. The van der Waals surface area contributed by atoms with E-state index >= 15 is 0 Å². The highest BCUT2D eigenvalue weighted by molar-refractivity contribution is 7.99. The molecule has 0 saturated carbocycles. The number of aromatic nitrogens is 2. The summed E-state index contributed by atoms with van der Waals surface area (Å²) in [5.74, 6) is 0.146. The molecule has 1 N–H and O–H groups in total. The summed E-state index contributed by atoms with van der Waals surface area (Å²) in [6.45, 7) is -2.89. The number of fused-ring (bicyclic) bond motifs is 1. The summed E-state index contributed by atoms with van der Waals surface area (Å²) in [4.78, 5) is 12.1. The number of hydrogen-bond acceptors (Lipinski definition) is 6. The van der Waals surface area contributed by atoms with Crippen LogP contribution in [-0.2, 0) is 4.79 Å². The normalized spacial score (nSPS) is 11.0. The highest BCUT2D eigenvalue weighted by atomic mass is 32.2. The summed E-state index contributed by atoms with van der Waals surface area (Å²) < 4.78 is 34.3. The molecule has 0 fully saturated rings. The summed E-state index contributed by atoms with van der Waals surface area (Å²) in [5.41, 5.74) is 1.28. The molecular formula is C21H15F2N3O3S. The van der Waals surface area contributed by atoms with Crippen LogP contribution >= 0.6 is 11.8 Å². The van der Waals surface area contributed by atoms with Gasteiger partial charge in [0.25, 0.3) is 5.22 Å². The van der Waals surface area contributed by atoms with E-state index in [1.165, 1.54) is 24.3 Å². The highest BCUT2D eigenvalue weighted by Crippen LogP contribution is 2.29. The molecule has 152 valence electrons. The number of hydrogen-bond donors (Lipinski definition) is 1. The van der Waals surface area contributed by atoms with Gasteiger partial charge in [0, 0.05) is 11.3 Å². The van der Waals surface area contributed by atoms with Gasteiger partial charge in [-0.3, -0.25) is 4.79 Å². The number of halogens is 2. The van der Waals surface area contributed by atoms with Crippen molar-refractivity contribution >= 4 is 34.1 Å². The SMILES string of the molecule is O=C(CSc1nnc(-c2cccc3ccccc23)o1)Nc1ccc(OC(F)F)cc1. The molecule has 4 rings (SSSR count). The topological polar surface area (TPSA) is 77.2 Å². The first-order chi connectivity index (χ1) is 14.6. The molecule has 4 aromatic rings. The molecule has 0 spiro atoms. The molecule has 0 aliphatic rings. The number of amides is 1. The van der Waals surface area contributed by atoms with E-state index in [0.717, 1.165) is 28.1 Å². The van der Waals surface area contributed by atoms with Gasteiger partial charge in [-0.2, -0.15) is 8.78 Å². The minimum absolute atomic E-state index is 0.0178. The van der Waals surface area contributed by atoms with E-state index in [1.807, 2.05) is 42.5 Å². The number of carbonyl (C=O) groups is 1. The number of alkyl halides is 2. The lowest BCUT2D eigenvalue weighted by molar-refractivity contribution is -0.113. The molecule has 0 radical (unpaired) electrons. The molecule has 1 amide bonds. The molecule has 0 aliphatic heterocycles. The number of rotatable bonds is 7. The zero-order chi connectivity index (χ0) is 20.9. The van der Waals surface area contributed by atoms with Crippen LogP contribution < -0.4 is 10.1 Å². The van der Waals surface area contributed by atoms with Crippen molar-refractivity contribution in [1.29, 1.82) is 0 Å². The van der Waals surface area contributed by atoms with Crippen LogP contribution in [0.4, 0.5) is 14.5 Å². The average molecular weight is 427 g/mol. The number of nitrogens with zero attached hydrogens (tertiary/aromatic N) is 2. The molecule has 0 saturated heterocycles. The van der Waals surface area contributed by atoms with Gasteiger partial charge in [0.2, 0.25) is 11.8 Å². The number of ether oxygens (including phenoxy) is 1. The highest BCUT2D eigenvalue weighted by Gasteiger charge is 2.13. The fourth-order valence-corrected chi connectivity index (χ4v) is 3.40. The molecule has 3 aromatic carbocycles. The Hall–Kier alpha value is -3.46. The Bertz CT molecular complexity index is 1160. The molecule has 1 aromatic heterocycles. The third kappa shape index (κ3) is 4.74. The molecule has 9 heteroatoms. The second-order valence-electron chi connectivity index (χ2n) is 6.14. The van der Waals surface area contributed by atoms with Crippen molar-refractivity contribution in [2.75, 3.05) is 11.1 Å². The van der Waals surface area contributed by atoms with Crippen molar-refractivity contribution in [2.24, 2.45) is 0 Å². The van der Waals surface area contributed by atoms with Gasteiger partial charge in [0.05, 0.1) is 5.75 Å². The zero-order valence-electron chi connectivity index (χ0n) is 15.4. The number of thioether (sulfide) groups is 1. The third-order valence-corrected chi connectivity index (χ3v) is 4.93. The third-order valence-electron chi connectivity index (χ3n) is 4.12. The lowest BCUT2D eigenvalue weighted by Crippen LogP contribution is -2.14. The number of benzene rings is 3. The maximum Gasteiger partial charge on any atom is 0.387 e. The van der Waals surface area contributed by atoms with E-state index in [9.17, 15) is 13.6 Å². The van der Waals surface area contributed by atoms with Crippen LogP contribution in [0, 0.1) is 0 Å². The maximum absolute atomic E-state index is 12.2. The molecule has 6 nitrogen and oxygen atoms in total. The van der Waals surface area contributed by atoms with Crippen LogP contribution in [-0.4, -0.2) is 28.5 Å². The zero-order valence-corrected chi connectivity index (χ0v) is 16.2. The Morgan fingerprint density at radius 3 is 2.60 bits per heavy atom. The van der Waals surface area contributed by atoms with Crippen LogP contribution in [0.25, 0.3) is 22.2 Å². The summed E-state index contributed by atoms with van der Waals surface area (Å²) in [6.07, 6.45) is 0. The van der Waals surface area contributed by atoms with Gasteiger partial charge in [-0.05, 0) is 41.1 Å². The Balaban J connectivity index is 1.37. The predicted octanol–water partition coefficient (Wildman–Crippen LogP) is 5.22. The molecule has 30 heavy (non-hydrogen) atoms. The van der Waals surface area contributed by atoms with Gasteiger partial charge in [-0.15, -0.1) is 10.2 Å². The van der Waals surface area contributed by atoms with E-state index in [2.05, 4.69) is 20.3 Å². The Morgan fingerprint density at radius 2 is 1.80 bits per heavy atom. The summed E-state index contributed by atoms with van der Waals surface area (Å²) >= 11 is 1.10. The molecule has 0 bridgehead atoms. The van der Waals surface area contributed by atoms with Crippen LogP contribution in [0.5, 0.6) is 5.75 Å². The minimum atomic E-state index is -2.89. The second kappa shape index (κ2) is 8.91. The van der Waals surface area contributed by atoms with Crippen LogP contribution in [0.1, 0.15) is 0 Å². The standard InChI is InChI=1S/C21H15F2N3O3S/c22-20(23)28-15-10-8-14(9-11-15)24-18(27)12-30-21-26-25-19(29-21)17-7-3-5-13-4-1-2-6-16(13)17/h1-11,20H,12H2,(H,24,27). The van der Waals surface area contributed by atoms with Gasteiger partial charge in [0.1, 0.15) is 5.75 Å². The first kappa shape index (κ1) is 19.8. The molecular weight excluding hydrogens is 412 g/mol. The van der Waals surface area contributed by atoms with Gasteiger partial charge >= 0.3 is 6.61 Å². The second-order valence-corrected chi connectivity index (χ2v) is 7.07. The van der Waals surface area contributed by atoms with Crippen molar-refractivity contribution in [1.82, 2.24) is 10.2 Å². The van der Waals surface area contributed by atoms with Crippen LogP contribution in [0.15, 0.2) is 76.4 Å². The molecule has 0 aliphatic carbocycles. The Kier molecular flexibility index (Phi) is 5.89. The maximum atomic E-state index is 12.2. The van der Waals surface area contributed by atoms with Gasteiger partial charge < -0.3 is 14.5 Å². The first-order valence-corrected chi connectivity index (χ1v) is 9.86. The van der Waals surface area contributed by atoms with Crippen molar-refractivity contribution in [3.8, 4) is 17.2 Å². The van der Waals surface area contributed by atoms with E-state index in [4.69, 9.17) is 4.42 Å². The van der Waals surface area contributed by atoms with E-state index in [1.54, 1.807) is 0 Å². The van der Waals surface area contributed by atoms with Crippen LogP contribution in [0.3, 0.4) is 0 Å². The Morgan fingerprint density at radius 1 is 1.03 bits per heavy atom. The largest absolute Gasteiger partial charge is 0.435 e. The van der Waals surface area contributed by atoms with Crippen molar-refractivity contribution in [2.45, 2.75) is 11.8 Å². The summed E-state index contributed by atoms with van der Waals surface area (Å²) in [6, 6.07) is 19.4. The molecule has 0 atom stereocenters. The lowest BCUT2D eigenvalue weighted by atomic mass is 10.0. The fraction of sp³-hybridized carbons (Fsp3) is 0.0952. The summed E-state index contributed by atoms with van der Waals surface area (Å²) in [5, 5.41) is 13.1. The first-order valence-electron chi connectivity index (χ1n) is 8.87. The number of carbonyl (C=O) groups excluding carboxylic acids is 1. The summed E-state index contributed by atoms with van der Waals surface area (Å²) in [7, 11) is 0. The van der Waals surface area contributed by atoms with Crippen molar-refractivity contribution < 1.29 is 22.7 Å². The monoisotopic (exact) mass is 427 g/mol. The smallest absolute Gasteiger partial charge is 0.387 e. The molecule has 1 heterocycles. The number of nitrogens with one attached hydrogen (secondary N) is 1. The number of anilines is 1. The minimum Gasteiger partial charge on any atom is -0.435 e. The fourth-order valence-electron chi connectivity index (χ4n) is 2.83. The van der Waals surface area contributed by atoms with Crippen molar-refractivity contribution in [3.63, 3.8) is 0 Å². The van der Waals surface area contributed by atoms with E-state index < -0.39 is 6.61 Å². The predicted molar refractivity (Wildman–Crippen MR) is 110 cm³/mol. The van der Waals surface area contributed by atoms with E-state index in [0.29, 0.717) is 11.6 Å². The average Bonchev–Trinajstić information content (AvgIpc) is 3.22. The van der Waals surface area contributed by atoms with Gasteiger partial charge in [-0.25, -0.2) is 0 Å².